The Morgan fingerprint density at radius 2 is 2.07 bits per heavy atom. The van der Waals surface area contributed by atoms with E-state index in [-0.39, 0.29) is 48.3 Å². The van der Waals surface area contributed by atoms with E-state index in [0.717, 1.165) is 30.0 Å². The van der Waals surface area contributed by atoms with Crippen molar-refractivity contribution in [2.24, 2.45) is 11.7 Å². The lowest BCUT2D eigenvalue weighted by atomic mass is 9.84. The molecule has 1 aliphatic heterocycles. The second-order valence-electron chi connectivity index (χ2n) is 7.08. The summed E-state index contributed by atoms with van der Waals surface area (Å²) in [5.41, 5.74) is 6.10. The van der Waals surface area contributed by atoms with Gasteiger partial charge in [-0.2, -0.15) is 4.31 Å². The maximum Gasteiger partial charge on any atom is 0.251 e. The summed E-state index contributed by atoms with van der Waals surface area (Å²) in [4.78, 5) is 24.2. The van der Waals surface area contributed by atoms with Crippen molar-refractivity contribution in [3.05, 3.63) is 29.8 Å². The number of nitrogens with one attached hydrogen (secondary N) is 2. The number of amides is 2. The molecule has 1 aromatic carbocycles. The van der Waals surface area contributed by atoms with E-state index in [0.29, 0.717) is 12.1 Å². The molecule has 0 spiro atoms. The molecule has 8 nitrogen and oxygen atoms in total. The molecule has 1 aliphatic carbocycles. The van der Waals surface area contributed by atoms with Gasteiger partial charge >= 0.3 is 0 Å². The molecule has 3 rings (SSSR count). The SMILES string of the molecule is NCC1CCCCC1NC(=O)c1cccc(S(=O)(=O)N2CCNC(=O)C2)c1. The summed E-state index contributed by atoms with van der Waals surface area (Å²) in [5, 5.41) is 5.61. The lowest BCUT2D eigenvalue weighted by Gasteiger charge is -2.31. The summed E-state index contributed by atoms with van der Waals surface area (Å²) >= 11 is 0. The van der Waals surface area contributed by atoms with E-state index in [1.165, 1.54) is 12.1 Å². The lowest BCUT2D eigenvalue weighted by molar-refractivity contribution is -0.122. The van der Waals surface area contributed by atoms with Gasteiger partial charge in [0.2, 0.25) is 15.9 Å². The van der Waals surface area contributed by atoms with Crippen molar-refractivity contribution in [1.29, 1.82) is 0 Å². The van der Waals surface area contributed by atoms with Crippen LogP contribution in [0.1, 0.15) is 36.0 Å². The fraction of sp³-hybridized carbons (Fsp3) is 0.556. The van der Waals surface area contributed by atoms with Gasteiger partial charge in [-0.1, -0.05) is 18.9 Å². The van der Waals surface area contributed by atoms with E-state index in [1.54, 1.807) is 12.1 Å². The molecule has 1 aromatic rings. The molecule has 9 heteroatoms. The first kappa shape index (κ1) is 19.8. The third kappa shape index (κ3) is 4.48. The Balaban J connectivity index is 1.76. The summed E-state index contributed by atoms with van der Waals surface area (Å²) in [6.45, 7) is 0.806. The summed E-state index contributed by atoms with van der Waals surface area (Å²) in [7, 11) is -3.83. The Morgan fingerprint density at radius 1 is 1.30 bits per heavy atom. The van der Waals surface area contributed by atoms with Gasteiger partial charge in [0, 0.05) is 24.7 Å². The minimum atomic E-state index is -3.83. The Morgan fingerprint density at radius 3 is 2.81 bits per heavy atom. The molecular formula is C18H26N4O4S. The van der Waals surface area contributed by atoms with Gasteiger partial charge in [-0.05, 0) is 43.5 Å². The zero-order valence-corrected chi connectivity index (χ0v) is 16.0. The Kier molecular flexibility index (Phi) is 6.13. The Labute approximate surface area is 159 Å². The number of carbonyl (C=O) groups is 2. The van der Waals surface area contributed by atoms with Gasteiger partial charge in [-0.15, -0.1) is 0 Å². The third-order valence-corrected chi connectivity index (χ3v) is 7.11. The first-order valence-corrected chi connectivity index (χ1v) is 10.7. The fourth-order valence-corrected chi connectivity index (χ4v) is 5.14. The van der Waals surface area contributed by atoms with Crippen LogP contribution in [0.3, 0.4) is 0 Å². The summed E-state index contributed by atoms with van der Waals surface area (Å²) < 4.78 is 26.7. The smallest absolute Gasteiger partial charge is 0.251 e. The normalized spacial score (nSPS) is 24.3. The van der Waals surface area contributed by atoms with Crippen molar-refractivity contribution in [1.82, 2.24) is 14.9 Å². The van der Waals surface area contributed by atoms with Gasteiger partial charge in [0.05, 0.1) is 11.4 Å². The van der Waals surface area contributed by atoms with Crippen LogP contribution < -0.4 is 16.4 Å². The van der Waals surface area contributed by atoms with Crippen LogP contribution >= 0.6 is 0 Å². The quantitative estimate of drug-likeness (QED) is 0.652. The standard InChI is InChI=1S/C18H26N4O4S/c19-11-14-4-1-2-7-16(14)21-18(24)13-5-3-6-15(10-13)27(25,26)22-9-8-20-17(23)12-22/h3,5-6,10,14,16H,1-2,4,7-9,11-12,19H2,(H,20,23)(H,21,24). The number of hydrogen-bond donors (Lipinski definition) is 3. The molecule has 4 N–H and O–H groups in total. The van der Waals surface area contributed by atoms with Crippen LogP contribution in [-0.2, 0) is 14.8 Å². The van der Waals surface area contributed by atoms with Crippen LogP contribution in [0.4, 0.5) is 0 Å². The highest BCUT2D eigenvalue weighted by molar-refractivity contribution is 7.89. The number of benzene rings is 1. The molecule has 2 unspecified atom stereocenters. The highest BCUT2D eigenvalue weighted by Gasteiger charge is 2.30. The van der Waals surface area contributed by atoms with Crippen LogP contribution in [0.2, 0.25) is 0 Å². The first-order chi connectivity index (χ1) is 12.9. The van der Waals surface area contributed by atoms with Gasteiger partial charge in [0.1, 0.15) is 0 Å². The van der Waals surface area contributed by atoms with Crippen molar-refractivity contribution in [2.45, 2.75) is 36.6 Å². The van der Waals surface area contributed by atoms with E-state index in [9.17, 15) is 18.0 Å². The molecule has 148 valence electrons. The van der Waals surface area contributed by atoms with Gasteiger partial charge in [-0.3, -0.25) is 9.59 Å². The van der Waals surface area contributed by atoms with E-state index < -0.39 is 10.0 Å². The third-order valence-electron chi connectivity index (χ3n) is 5.27. The van der Waals surface area contributed by atoms with Crippen molar-refractivity contribution in [3.63, 3.8) is 0 Å². The number of nitrogens with zero attached hydrogens (tertiary/aromatic N) is 1. The molecule has 0 aromatic heterocycles. The van der Waals surface area contributed by atoms with Crippen LogP contribution in [0.5, 0.6) is 0 Å². The van der Waals surface area contributed by atoms with E-state index in [2.05, 4.69) is 10.6 Å². The van der Waals surface area contributed by atoms with Crippen LogP contribution in [0, 0.1) is 5.92 Å². The molecule has 0 radical (unpaired) electrons. The van der Waals surface area contributed by atoms with Crippen molar-refractivity contribution >= 4 is 21.8 Å². The predicted octanol–water partition coefficient (Wildman–Crippen LogP) is 0.0544. The monoisotopic (exact) mass is 394 g/mol. The second kappa shape index (κ2) is 8.37. The topological polar surface area (TPSA) is 122 Å². The molecular weight excluding hydrogens is 368 g/mol. The summed E-state index contributed by atoms with van der Waals surface area (Å²) in [6, 6.07) is 5.98. The number of piperazine rings is 1. The van der Waals surface area contributed by atoms with Crippen molar-refractivity contribution in [2.75, 3.05) is 26.2 Å². The zero-order chi connectivity index (χ0) is 19.4. The molecule has 1 saturated carbocycles. The lowest BCUT2D eigenvalue weighted by Crippen LogP contribution is -2.49. The number of hydrogen-bond acceptors (Lipinski definition) is 5. The average Bonchev–Trinajstić information content (AvgIpc) is 2.68. The Hall–Kier alpha value is -1.97. The highest BCUT2D eigenvalue weighted by atomic mass is 32.2. The number of carbonyl (C=O) groups excluding carboxylic acids is 2. The van der Waals surface area contributed by atoms with Gasteiger partial charge < -0.3 is 16.4 Å². The molecule has 2 aliphatic rings. The Bertz CT molecular complexity index is 811. The molecule has 1 saturated heterocycles. The minimum absolute atomic E-state index is 0.0160. The molecule has 2 amide bonds. The average molecular weight is 394 g/mol. The van der Waals surface area contributed by atoms with Crippen LogP contribution in [0.25, 0.3) is 0 Å². The number of nitrogens with two attached hydrogens (primary N) is 1. The van der Waals surface area contributed by atoms with Gasteiger partial charge in [0.25, 0.3) is 5.91 Å². The minimum Gasteiger partial charge on any atom is -0.354 e. The number of sulfonamides is 1. The van der Waals surface area contributed by atoms with Gasteiger partial charge in [-0.25, -0.2) is 8.42 Å². The molecule has 27 heavy (non-hydrogen) atoms. The number of rotatable bonds is 5. The summed E-state index contributed by atoms with van der Waals surface area (Å²) in [5.74, 6) is -0.376. The van der Waals surface area contributed by atoms with Crippen molar-refractivity contribution in [3.8, 4) is 0 Å². The van der Waals surface area contributed by atoms with E-state index in [4.69, 9.17) is 5.73 Å². The first-order valence-electron chi connectivity index (χ1n) is 9.29. The predicted molar refractivity (Wildman–Crippen MR) is 100 cm³/mol. The van der Waals surface area contributed by atoms with Crippen LogP contribution in [0.15, 0.2) is 29.2 Å². The largest absolute Gasteiger partial charge is 0.354 e. The second-order valence-corrected chi connectivity index (χ2v) is 9.01. The maximum atomic E-state index is 12.8. The fourth-order valence-electron chi connectivity index (χ4n) is 3.70. The summed E-state index contributed by atoms with van der Waals surface area (Å²) in [6.07, 6.45) is 4.04. The molecule has 2 atom stereocenters. The molecule has 0 bridgehead atoms. The van der Waals surface area contributed by atoms with Crippen LogP contribution in [-0.4, -0.2) is 56.8 Å². The highest BCUT2D eigenvalue weighted by Crippen LogP contribution is 2.24. The zero-order valence-electron chi connectivity index (χ0n) is 15.2. The van der Waals surface area contributed by atoms with Crippen molar-refractivity contribution < 1.29 is 18.0 Å². The van der Waals surface area contributed by atoms with Gasteiger partial charge in [0.15, 0.2) is 0 Å². The maximum absolute atomic E-state index is 12.8. The molecule has 2 fully saturated rings. The molecule has 1 heterocycles. The van der Waals surface area contributed by atoms with E-state index in [1.807, 2.05) is 0 Å². The van der Waals surface area contributed by atoms with E-state index >= 15 is 0 Å².